The number of hydrogen-bond acceptors (Lipinski definition) is 6. The van der Waals surface area contributed by atoms with Crippen LogP contribution in [0.25, 0.3) is 5.78 Å². The number of carboxylic acid groups (broad SMARTS) is 1. The summed E-state index contributed by atoms with van der Waals surface area (Å²) >= 11 is 0. The molecule has 0 spiro atoms. The van der Waals surface area contributed by atoms with Crippen LogP contribution in [0, 0.1) is 0 Å². The van der Waals surface area contributed by atoms with E-state index < -0.39 is 11.8 Å². The van der Waals surface area contributed by atoms with Crippen molar-refractivity contribution in [1.82, 2.24) is 14.5 Å². The Balaban J connectivity index is 2.68. The molecule has 2 heterocycles. The summed E-state index contributed by atoms with van der Waals surface area (Å²) in [5, 5.41) is 9.34. The topological polar surface area (TPSA) is 104 Å². The fourth-order valence-electron chi connectivity index (χ4n) is 2.11. The Morgan fingerprint density at radius 3 is 2.57 bits per heavy atom. The summed E-state index contributed by atoms with van der Waals surface area (Å²) in [6.07, 6.45) is 2.18. The second-order valence-electron chi connectivity index (χ2n) is 4.55. The Kier molecular flexibility index (Phi) is 4.79. The second-order valence-corrected chi connectivity index (χ2v) is 4.55. The molecule has 0 bridgehead atoms. The average molecular weight is 319 g/mol. The van der Waals surface area contributed by atoms with Crippen molar-refractivity contribution < 1.29 is 14.4 Å². The lowest BCUT2D eigenvalue weighted by molar-refractivity contribution is 0.201. The van der Waals surface area contributed by atoms with Crippen molar-refractivity contribution in [2.75, 3.05) is 29.4 Å². The van der Waals surface area contributed by atoms with Gasteiger partial charge in [0.25, 0.3) is 5.78 Å². The SMILES string of the molecule is C=CCN(CC=C)c1cc(N(CC)C(=O)O)n2oc(=O)nc2n1. The minimum atomic E-state index is -1.18. The van der Waals surface area contributed by atoms with E-state index in [2.05, 4.69) is 23.1 Å². The van der Waals surface area contributed by atoms with Gasteiger partial charge in [-0.05, 0) is 6.92 Å². The van der Waals surface area contributed by atoms with Gasteiger partial charge in [-0.25, -0.2) is 9.59 Å². The first-order valence-electron chi connectivity index (χ1n) is 6.90. The summed E-state index contributed by atoms with van der Waals surface area (Å²) in [5.41, 5.74) is 0. The zero-order valence-corrected chi connectivity index (χ0v) is 12.7. The number of carbonyl (C=O) groups is 1. The summed E-state index contributed by atoms with van der Waals surface area (Å²) in [4.78, 5) is 33.5. The van der Waals surface area contributed by atoms with Crippen LogP contribution in [0.5, 0.6) is 0 Å². The molecule has 2 aromatic rings. The first-order chi connectivity index (χ1) is 11.0. The molecule has 0 saturated heterocycles. The molecule has 1 amide bonds. The van der Waals surface area contributed by atoms with Crippen LogP contribution in [-0.2, 0) is 0 Å². The first kappa shape index (κ1) is 16.3. The van der Waals surface area contributed by atoms with Gasteiger partial charge < -0.3 is 14.5 Å². The van der Waals surface area contributed by atoms with Gasteiger partial charge in [0.1, 0.15) is 5.82 Å². The van der Waals surface area contributed by atoms with Gasteiger partial charge in [0.15, 0.2) is 5.82 Å². The molecule has 2 rings (SSSR count). The van der Waals surface area contributed by atoms with Crippen LogP contribution in [0.3, 0.4) is 0 Å². The lowest BCUT2D eigenvalue weighted by Gasteiger charge is -2.23. The summed E-state index contributed by atoms with van der Waals surface area (Å²) in [6, 6.07) is 1.52. The molecule has 122 valence electrons. The maximum Gasteiger partial charge on any atom is 0.461 e. The Bertz CT molecular complexity index is 784. The largest absolute Gasteiger partial charge is 0.465 e. The standard InChI is InChI=1S/C14H17N5O4/c1-4-7-17(8-5-2)10-9-11(18(6-3)14(21)22)19-12(15-10)16-13(20)23-19/h4-5,9H,1-2,6-8H2,3H3,(H,21,22). The molecule has 9 nitrogen and oxygen atoms in total. The second kappa shape index (κ2) is 6.77. The number of rotatable bonds is 7. The molecule has 0 unspecified atom stereocenters. The molecule has 0 saturated carbocycles. The molecule has 0 aliphatic rings. The van der Waals surface area contributed by atoms with Crippen molar-refractivity contribution in [3.05, 3.63) is 41.9 Å². The highest BCUT2D eigenvalue weighted by Crippen LogP contribution is 2.22. The van der Waals surface area contributed by atoms with Crippen molar-refractivity contribution in [2.24, 2.45) is 0 Å². The van der Waals surface area contributed by atoms with Crippen LogP contribution in [0.15, 0.2) is 40.7 Å². The molecule has 0 radical (unpaired) electrons. The minimum absolute atomic E-state index is 0.0136. The molecule has 2 aromatic heterocycles. The van der Waals surface area contributed by atoms with Crippen LogP contribution in [0.1, 0.15) is 6.92 Å². The van der Waals surface area contributed by atoms with Crippen LogP contribution in [-0.4, -0.2) is 45.4 Å². The van der Waals surface area contributed by atoms with E-state index in [0.717, 1.165) is 9.47 Å². The fourth-order valence-corrected chi connectivity index (χ4v) is 2.11. The van der Waals surface area contributed by atoms with E-state index in [9.17, 15) is 14.7 Å². The van der Waals surface area contributed by atoms with Crippen molar-refractivity contribution in [3.63, 3.8) is 0 Å². The molecule has 9 heteroatoms. The zero-order valence-electron chi connectivity index (χ0n) is 12.7. The third-order valence-corrected chi connectivity index (χ3v) is 3.07. The van der Waals surface area contributed by atoms with Crippen molar-refractivity contribution in [3.8, 4) is 0 Å². The Hall–Kier alpha value is -3.10. The van der Waals surface area contributed by atoms with Crippen molar-refractivity contribution in [2.45, 2.75) is 6.92 Å². The highest BCUT2D eigenvalue weighted by atomic mass is 16.5. The number of hydrogen-bond donors (Lipinski definition) is 1. The summed E-state index contributed by atoms with van der Waals surface area (Å²) < 4.78 is 5.91. The van der Waals surface area contributed by atoms with Crippen LogP contribution in [0.2, 0.25) is 0 Å². The number of nitrogens with zero attached hydrogens (tertiary/aromatic N) is 5. The van der Waals surface area contributed by atoms with Gasteiger partial charge >= 0.3 is 11.8 Å². The van der Waals surface area contributed by atoms with Gasteiger partial charge in [-0.2, -0.15) is 4.98 Å². The van der Waals surface area contributed by atoms with Crippen LogP contribution in [0.4, 0.5) is 16.4 Å². The highest BCUT2D eigenvalue weighted by Gasteiger charge is 2.21. The Morgan fingerprint density at radius 1 is 1.39 bits per heavy atom. The zero-order chi connectivity index (χ0) is 17.0. The maximum absolute atomic E-state index is 11.4. The Morgan fingerprint density at radius 2 is 2.04 bits per heavy atom. The van der Waals surface area contributed by atoms with Crippen LogP contribution >= 0.6 is 0 Å². The van der Waals surface area contributed by atoms with Gasteiger partial charge in [0.2, 0.25) is 0 Å². The van der Waals surface area contributed by atoms with E-state index >= 15 is 0 Å². The lowest BCUT2D eigenvalue weighted by Crippen LogP contribution is -2.31. The van der Waals surface area contributed by atoms with Gasteiger partial charge in [0, 0.05) is 25.7 Å². The van der Waals surface area contributed by atoms with E-state index in [1.54, 1.807) is 24.0 Å². The highest BCUT2D eigenvalue weighted by molar-refractivity contribution is 5.85. The van der Waals surface area contributed by atoms with Gasteiger partial charge in [-0.15, -0.1) is 22.7 Å². The molecule has 23 heavy (non-hydrogen) atoms. The lowest BCUT2D eigenvalue weighted by atomic mass is 10.4. The third kappa shape index (κ3) is 3.23. The number of amides is 1. The summed E-state index contributed by atoms with van der Waals surface area (Å²) in [5.74, 6) is -0.280. The number of aromatic nitrogens is 3. The van der Waals surface area contributed by atoms with Crippen LogP contribution < -0.4 is 15.6 Å². The van der Waals surface area contributed by atoms with Gasteiger partial charge in [-0.3, -0.25) is 4.90 Å². The van der Waals surface area contributed by atoms with E-state index in [0.29, 0.717) is 18.9 Å². The smallest absolute Gasteiger partial charge is 0.461 e. The minimum Gasteiger partial charge on any atom is -0.465 e. The molecular formula is C14H17N5O4. The Labute approximate surface area is 131 Å². The van der Waals surface area contributed by atoms with E-state index in [4.69, 9.17) is 4.52 Å². The summed E-state index contributed by atoms with van der Waals surface area (Å²) in [6.45, 7) is 10.1. The third-order valence-electron chi connectivity index (χ3n) is 3.07. The quantitative estimate of drug-likeness (QED) is 0.768. The molecule has 0 aliphatic carbocycles. The maximum atomic E-state index is 11.4. The summed E-state index contributed by atoms with van der Waals surface area (Å²) in [7, 11) is 0. The molecule has 0 aliphatic heterocycles. The fraction of sp³-hybridized carbons (Fsp3) is 0.286. The molecular weight excluding hydrogens is 302 g/mol. The number of anilines is 2. The van der Waals surface area contributed by atoms with E-state index in [1.165, 1.54) is 6.07 Å². The molecule has 0 fully saturated rings. The molecule has 0 atom stereocenters. The van der Waals surface area contributed by atoms with Gasteiger partial charge in [-0.1, -0.05) is 12.2 Å². The number of fused-ring (bicyclic) bond motifs is 1. The molecule has 1 N–H and O–H groups in total. The first-order valence-corrected chi connectivity index (χ1v) is 6.90. The average Bonchev–Trinajstić information content (AvgIpc) is 2.87. The van der Waals surface area contributed by atoms with Gasteiger partial charge in [0.05, 0.1) is 0 Å². The predicted octanol–water partition coefficient (Wildman–Crippen LogP) is 1.37. The van der Waals surface area contributed by atoms with Crippen molar-refractivity contribution in [1.29, 1.82) is 0 Å². The predicted molar refractivity (Wildman–Crippen MR) is 85.2 cm³/mol. The molecule has 0 aromatic carbocycles. The monoisotopic (exact) mass is 319 g/mol. The van der Waals surface area contributed by atoms with Crippen molar-refractivity contribution >= 4 is 23.5 Å². The van der Waals surface area contributed by atoms with E-state index in [-0.39, 0.29) is 18.1 Å². The normalized spacial score (nSPS) is 10.5. The van der Waals surface area contributed by atoms with E-state index in [1.807, 2.05) is 0 Å².